The molecule has 2 bridgehead atoms. The van der Waals surface area contributed by atoms with Crippen molar-refractivity contribution in [2.75, 3.05) is 19.6 Å². The van der Waals surface area contributed by atoms with Crippen molar-refractivity contribution < 1.29 is 13.2 Å². The van der Waals surface area contributed by atoms with Gasteiger partial charge in [0, 0.05) is 63.9 Å². The Hall–Kier alpha value is -1.81. The SMILES string of the molecule is Cn1cc(CN2C[C@H]3C[C@H]4[C@](C2)(CN(Cc2ccncc2)S4(=O)=O)O3)cn1. The predicted molar refractivity (Wildman–Crippen MR) is 98.1 cm³/mol. The molecule has 0 saturated carbocycles. The van der Waals surface area contributed by atoms with E-state index in [2.05, 4.69) is 15.0 Å². The fourth-order valence-corrected chi connectivity index (χ4v) is 7.10. The molecule has 3 saturated heterocycles. The molecule has 0 amide bonds. The molecule has 0 radical (unpaired) electrons. The molecule has 0 aliphatic carbocycles. The lowest BCUT2D eigenvalue weighted by Gasteiger charge is -2.39. The fourth-order valence-electron chi connectivity index (χ4n) is 4.81. The molecule has 144 valence electrons. The average Bonchev–Trinajstić information content (AvgIpc) is 3.20. The van der Waals surface area contributed by atoms with Crippen LogP contribution in [0.1, 0.15) is 17.5 Å². The number of nitrogens with zero attached hydrogens (tertiary/aromatic N) is 5. The maximum Gasteiger partial charge on any atom is 0.220 e. The molecule has 3 atom stereocenters. The zero-order chi connectivity index (χ0) is 18.6. The summed E-state index contributed by atoms with van der Waals surface area (Å²) in [6, 6.07) is 3.72. The summed E-state index contributed by atoms with van der Waals surface area (Å²) in [5.74, 6) is 0. The van der Waals surface area contributed by atoms with Crippen LogP contribution in [-0.2, 0) is 34.9 Å². The van der Waals surface area contributed by atoms with Gasteiger partial charge in [0.2, 0.25) is 10.0 Å². The van der Waals surface area contributed by atoms with Crippen LogP contribution in [0.15, 0.2) is 36.9 Å². The van der Waals surface area contributed by atoms with E-state index in [1.807, 2.05) is 31.6 Å². The van der Waals surface area contributed by atoms with Crippen LogP contribution < -0.4 is 0 Å². The van der Waals surface area contributed by atoms with Gasteiger partial charge in [-0.05, 0) is 24.1 Å². The highest BCUT2D eigenvalue weighted by Crippen LogP contribution is 2.47. The molecule has 9 heteroatoms. The van der Waals surface area contributed by atoms with Crippen molar-refractivity contribution in [2.24, 2.45) is 7.05 Å². The molecule has 0 N–H and O–H groups in total. The number of fused-ring (bicyclic) bond motifs is 1. The molecule has 3 aliphatic rings. The summed E-state index contributed by atoms with van der Waals surface area (Å²) >= 11 is 0. The zero-order valence-corrected chi connectivity index (χ0v) is 16.0. The van der Waals surface area contributed by atoms with Gasteiger partial charge in [-0.25, -0.2) is 8.42 Å². The maximum absolute atomic E-state index is 13.2. The number of likely N-dealkylation sites (tertiary alicyclic amines) is 1. The van der Waals surface area contributed by atoms with Crippen molar-refractivity contribution in [1.82, 2.24) is 24.0 Å². The Kier molecular flexibility index (Phi) is 3.91. The summed E-state index contributed by atoms with van der Waals surface area (Å²) in [6.07, 6.45) is 7.83. The van der Waals surface area contributed by atoms with Gasteiger partial charge in [0.25, 0.3) is 0 Å². The van der Waals surface area contributed by atoms with E-state index in [4.69, 9.17) is 4.74 Å². The van der Waals surface area contributed by atoms with Crippen molar-refractivity contribution in [3.63, 3.8) is 0 Å². The second-order valence-corrected chi connectivity index (χ2v) is 10.0. The zero-order valence-electron chi connectivity index (χ0n) is 15.2. The second-order valence-electron chi connectivity index (χ2n) is 7.89. The molecule has 0 aromatic carbocycles. The van der Waals surface area contributed by atoms with Gasteiger partial charge in [-0.1, -0.05) is 0 Å². The van der Waals surface area contributed by atoms with Crippen LogP contribution >= 0.6 is 0 Å². The minimum Gasteiger partial charge on any atom is -0.366 e. The lowest BCUT2D eigenvalue weighted by atomic mass is 9.99. The van der Waals surface area contributed by atoms with Gasteiger partial charge in [0.1, 0.15) is 10.9 Å². The number of hydrogen-bond acceptors (Lipinski definition) is 6. The molecule has 3 fully saturated rings. The first kappa shape index (κ1) is 17.3. The third kappa shape index (κ3) is 2.89. The quantitative estimate of drug-likeness (QED) is 0.752. The molecule has 2 aromatic rings. The monoisotopic (exact) mass is 389 g/mol. The molecular weight excluding hydrogens is 366 g/mol. The van der Waals surface area contributed by atoms with E-state index in [0.29, 0.717) is 26.1 Å². The molecule has 5 rings (SSSR count). The summed E-state index contributed by atoms with van der Waals surface area (Å²) < 4.78 is 36.0. The smallest absolute Gasteiger partial charge is 0.220 e. The average molecular weight is 389 g/mol. The lowest BCUT2D eigenvalue weighted by molar-refractivity contribution is -0.110. The maximum atomic E-state index is 13.2. The van der Waals surface area contributed by atoms with Crippen molar-refractivity contribution in [3.8, 4) is 0 Å². The van der Waals surface area contributed by atoms with Crippen LogP contribution in [0.3, 0.4) is 0 Å². The third-order valence-corrected chi connectivity index (χ3v) is 8.17. The molecule has 2 aromatic heterocycles. The molecular formula is C18H23N5O3S. The highest BCUT2D eigenvalue weighted by molar-refractivity contribution is 7.90. The lowest BCUT2D eigenvalue weighted by Crippen LogP contribution is -2.54. The Bertz CT molecular complexity index is 947. The first-order valence-corrected chi connectivity index (χ1v) is 10.7. The Morgan fingerprint density at radius 2 is 2.04 bits per heavy atom. The molecule has 27 heavy (non-hydrogen) atoms. The van der Waals surface area contributed by atoms with E-state index in [-0.39, 0.29) is 6.10 Å². The van der Waals surface area contributed by atoms with E-state index < -0.39 is 20.9 Å². The van der Waals surface area contributed by atoms with Crippen LogP contribution in [0, 0.1) is 0 Å². The number of morpholine rings is 1. The molecule has 0 unspecified atom stereocenters. The van der Waals surface area contributed by atoms with Crippen LogP contribution in [0.4, 0.5) is 0 Å². The third-order valence-electron chi connectivity index (χ3n) is 5.85. The van der Waals surface area contributed by atoms with Gasteiger partial charge < -0.3 is 4.74 Å². The van der Waals surface area contributed by atoms with E-state index in [1.165, 1.54) is 0 Å². The van der Waals surface area contributed by atoms with Gasteiger partial charge in [0.15, 0.2) is 0 Å². The summed E-state index contributed by atoms with van der Waals surface area (Å²) in [5.41, 5.74) is 1.46. The second kappa shape index (κ2) is 6.10. The minimum absolute atomic E-state index is 0.0155. The fraction of sp³-hybridized carbons (Fsp3) is 0.556. The number of hydrogen-bond donors (Lipinski definition) is 0. The van der Waals surface area contributed by atoms with Crippen molar-refractivity contribution in [1.29, 1.82) is 0 Å². The summed E-state index contributed by atoms with van der Waals surface area (Å²) in [5, 5.41) is 3.78. The standard InChI is InChI=1S/C18H23N5O3S/c1-21-8-15(7-20-21)9-22-11-16-6-17-18(12-22,26-16)13-23(27(17,24)25)10-14-2-4-19-5-3-14/h2-5,7-8,16-17H,6,9-13H2,1H3/t16-,17+,18+/m1/s1. The topological polar surface area (TPSA) is 80.6 Å². The summed E-state index contributed by atoms with van der Waals surface area (Å²) in [7, 11) is -1.47. The normalized spacial score (nSPS) is 32.6. The van der Waals surface area contributed by atoms with E-state index in [1.54, 1.807) is 21.4 Å². The Balaban J connectivity index is 1.38. The first-order valence-electron chi connectivity index (χ1n) is 9.20. The van der Waals surface area contributed by atoms with Crippen LogP contribution in [0.5, 0.6) is 0 Å². The highest BCUT2D eigenvalue weighted by atomic mass is 32.2. The molecule has 3 aliphatic heterocycles. The molecule has 1 spiro atoms. The van der Waals surface area contributed by atoms with Gasteiger partial charge >= 0.3 is 0 Å². The number of ether oxygens (including phenoxy) is 1. The number of rotatable bonds is 4. The van der Waals surface area contributed by atoms with E-state index in [9.17, 15) is 8.42 Å². The van der Waals surface area contributed by atoms with Crippen LogP contribution in [0.2, 0.25) is 0 Å². The number of aryl methyl sites for hydroxylation is 1. The van der Waals surface area contributed by atoms with Gasteiger partial charge in [0.05, 0.1) is 12.3 Å². The number of aromatic nitrogens is 3. The molecule has 8 nitrogen and oxygen atoms in total. The van der Waals surface area contributed by atoms with Gasteiger partial charge in [-0.15, -0.1) is 0 Å². The first-order chi connectivity index (χ1) is 12.9. The van der Waals surface area contributed by atoms with Crippen molar-refractivity contribution in [3.05, 3.63) is 48.0 Å². The van der Waals surface area contributed by atoms with Crippen LogP contribution in [0.25, 0.3) is 0 Å². The molecule has 5 heterocycles. The largest absolute Gasteiger partial charge is 0.366 e. The Morgan fingerprint density at radius 3 is 2.78 bits per heavy atom. The Labute approximate surface area is 158 Å². The highest BCUT2D eigenvalue weighted by Gasteiger charge is 2.64. The van der Waals surface area contributed by atoms with E-state index in [0.717, 1.165) is 24.2 Å². The van der Waals surface area contributed by atoms with Crippen molar-refractivity contribution >= 4 is 10.0 Å². The number of pyridine rings is 1. The van der Waals surface area contributed by atoms with Crippen molar-refractivity contribution in [2.45, 2.75) is 36.5 Å². The minimum atomic E-state index is -3.37. The summed E-state index contributed by atoms with van der Waals surface area (Å²) in [6.45, 7) is 2.97. The number of sulfonamides is 1. The predicted octanol–water partition coefficient (Wildman–Crippen LogP) is 0.373. The van der Waals surface area contributed by atoms with Gasteiger partial charge in [-0.2, -0.15) is 9.40 Å². The van der Waals surface area contributed by atoms with Crippen LogP contribution in [-0.4, -0.2) is 69.0 Å². The summed E-state index contributed by atoms with van der Waals surface area (Å²) in [4.78, 5) is 6.32. The van der Waals surface area contributed by atoms with Gasteiger partial charge in [-0.3, -0.25) is 14.6 Å². The Morgan fingerprint density at radius 1 is 1.22 bits per heavy atom. The van der Waals surface area contributed by atoms with E-state index >= 15 is 0 Å².